The Morgan fingerprint density at radius 2 is 1.96 bits per heavy atom. The molecule has 130 valence electrons. The van der Waals surface area contributed by atoms with Crippen molar-refractivity contribution in [3.05, 3.63) is 24.0 Å². The summed E-state index contributed by atoms with van der Waals surface area (Å²) in [6.07, 6.45) is 6.09. The smallest absolute Gasteiger partial charge is 0.370 e. The fraction of sp³-hybridized carbons (Fsp3) is 0.556. The Kier molecular flexibility index (Phi) is 5.36. The SMILES string of the molecule is C[C@]12CCC(=O)[C@@H](CCC(=O)/C=C/C=C(\O)C(=O)O)[C@@H]1CCC2=O. The molecule has 6 heteroatoms. The van der Waals surface area contributed by atoms with Crippen molar-refractivity contribution in [3.63, 3.8) is 0 Å². The van der Waals surface area contributed by atoms with Crippen molar-refractivity contribution in [1.82, 2.24) is 0 Å². The Hall–Kier alpha value is -2.24. The zero-order chi connectivity index (χ0) is 17.9. The molecule has 0 unspecified atom stereocenters. The predicted molar refractivity (Wildman–Crippen MR) is 85.3 cm³/mol. The standard InChI is InChI=1S/C18H22O6/c1-18-10-9-14(20)12(13(18)7-8-16(18)22)6-5-11(19)3-2-4-15(21)17(23)24/h2-4,12-13,21H,5-10H2,1H3,(H,23,24)/b3-2+,15-4-/t12-,13-,18-/m0/s1. The van der Waals surface area contributed by atoms with Crippen LogP contribution in [0.4, 0.5) is 0 Å². The molecule has 3 atom stereocenters. The molecule has 0 heterocycles. The molecule has 0 spiro atoms. The number of hydrogen-bond acceptors (Lipinski definition) is 5. The number of rotatable bonds is 6. The van der Waals surface area contributed by atoms with E-state index in [9.17, 15) is 19.2 Å². The number of carbonyl (C=O) groups excluding carboxylic acids is 3. The second-order valence-electron chi connectivity index (χ2n) is 6.78. The lowest BCUT2D eigenvalue weighted by atomic mass is 9.62. The normalized spacial score (nSPS) is 30.6. The van der Waals surface area contributed by atoms with E-state index >= 15 is 0 Å². The average Bonchev–Trinajstić information content (AvgIpc) is 2.82. The number of carbonyl (C=O) groups is 4. The van der Waals surface area contributed by atoms with Gasteiger partial charge in [-0.1, -0.05) is 13.0 Å². The second-order valence-corrected chi connectivity index (χ2v) is 6.78. The first-order chi connectivity index (χ1) is 11.3. The van der Waals surface area contributed by atoms with E-state index in [1.807, 2.05) is 6.92 Å². The Morgan fingerprint density at radius 3 is 2.62 bits per heavy atom. The Morgan fingerprint density at radius 1 is 1.25 bits per heavy atom. The van der Waals surface area contributed by atoms with Crippen molar-refractivity contribution in [1.29, 1.82) is 0 Å². The van der Waals surface area contributed by atoms with E-state index in [2.05, 4.69) is 0 Å². The number of Topliss-reactive ketones (excluding diaryl/α,β-unsaturated/α-hetero) is 2. The van der Waals surface area contributed by atoms with Crippen molar-refractivity contribution in [2.24, 2.45) is 17.3 Å². The maximum atomic E-state index is 12.2. The van der Waals surface area contributed by atoms with E-state index < -0.39 is 17.1 Å². The van der Waals surface area contributed by atoms with Gasteiger partial charge < -0.3 is 10.2 Å². The van der Waals surface area contributed by atoms with Gasteiger partial charge in [0.1, 0.15) is 11.6 Å². The molecule has 0 amide bonds. The van der Waals surface area contributed by atoms with E-state index in [1.54, 1.807) is 0 Å². The van der Waals surface area contributed by atoms with Crippen LogP contribution in [0.1, 0.15) is 45.4 Å². The van der Waals surface area contributed by atoms with E-state index in [1.165, 1.54) is 12.2 Å². The van der Waals surface area contributed by atoms with Crippen LogP contribution in [0.5, 0.6) is 0 Å². The number of aliphatic hydroxyl groups is 1. The number of aliphatic carboxylic acids is 1. The van der Waals surface area contributed by atoms with Gasteiger partial charge in [0.25, 0.3) is 0 Å². The second kappa shape index (κ2) is 7.11. The number of fused-ring (bicyclic) bond motifs is 1. The summed E-state index contributed by atoms with van der Waals surface area (Å²) in [5.74, 6) is -2.42. The van der Waals surface area contributed by atoms with Gasteiger partial charge in [0.2, 0.25) is 5.76 Å². The molecule has 0 aliphatic heterocycles. The summed E-state index contributed by atoms with van der Waals surface area (Å²) in [6, 6.07) is 0. The minimum atomic E-state index is -1.47. The molecule has 0 saturated heterocycles. The highest BCUT2D eigenvalue weighted by Gasteiger charge is 2.53. The number of aliphatic hydroxyl groups excluding tert-OH is 1. The van der Waals surface area contributed by atoms with Crippen LogP contribution in [0.15, 0.2) is 24.0 Å². The van der Waals surface area contributed by atoms with E-state index in [-0.39, 0.29) is 35.6 Å². The summed E-state index contributed by atoms with van der Waals surface area (Å²) in [7, 11) is 0. The molecule has 2 N–H and O–H groups in total. The van der Waals surface area contributed by atoms with Crippen LogP contribution in [0.25, 0.3) is 0 Å². The molecule has 0 aromatic carbocycles. The summed E-state index contributed by atoms with van der Waals surface area (Å²) in [4.78, 5) is 46.6. The van der Waals surface area contributed by atoms with Crippen LogP contribution in [0.2, 0.25) is 0 Å². The molecule has 2 fully saturated rings. The van der Waals surface area contributed by atoms with Crippen LogP contribution in [0, 0.1) is 17.3 Å². The van der Waals surface area contributed by atoms with Crippen LogP contribution in [-0.2, 0) is 19.2 Å². The van der Waals surface area contributed by atoms with Crippen molar-refractivity contribution >= 4 is 23.3 Å². The molecule has 2 saturated carbocycles. The maximum absolute atomic E-state index is 12.2. The van der Waals surface area contributed by atoms with Gasteiger partial charge in [0.05, 0.1) is 0 Å². The summed E-state index contributed by atoms with van der Waals surface area (Å²) in [5.41, 5.74) is -0.423. The molecule has 0 aromatic rings. The Labute approximate surface area is 140 Å². The Balaban J connectivity index is 1.95. The molecule has 6 nitrogen and oxygen atoms in total. The number of hydrogen-bond donors (Lipinski definition) is 2. The topological polar surface area (TPSA) is 109 Å². The summed E-state index contributed by atoms with van der Waals surface area (Å²) >= 11 is 0. The van der Waals surface area contributed by atoms with Crippen LogP contribution in [-0.4, -0.2) is 33.5 Å². The lowest BCUT2D eigenvalue weighted by Crippen LogP contribution is -2.42. The molecule has 0 aromatic heterocycles. The first-order valence-corrected chi connectivity index (χ1v) is 8.15. The monoisotopic (exact) mass is 334 g/mol. The lowest BCUT2D eigenvalue weighted by Gasteiger charge is -2.39. The average molecular weight is 334 g/mol. The number of carboxylic acid groups (broad SMARTS) is 1. The van der Waals surface area contributed by atoms with Gasteiger partial charge >= 0.3 is 5.97 Å². The van der Waals surface area contributed by atoms with Crippen molar-refractivity contribution in [2.75, 3.05) is 0 Å². The quantitative estimate of drug-likeness (QED) is 0.438. The molecule has 0 bridgehead atoms. The zero-order valence-corrected chi connectivity index (χ0v) is 13.7. The fourth-order valence-electron chi connectivity index (χ4n) is 3.92. The molecule has 2 aliphatic carbocycles. The van der Waals surface area contributed by atoms with Gasteiger partial charge in [0.15, 0.2) is 5.78 Å². The van der Waals surface area contributed by atoms with Gasteiger partial charge in [-0.25, -0.2) is 4.79 Å². The molecule has 24 heavy (non-hydrogen) atoms. The molecular weight excluding hydrogens is 312 g/mol. The van der Waals surface area contributed by atoms with Gasteiger partial charge in [-0.2, -0.15) is 0 Å². The molecule has 2 rings (SSSR count). The van der Waals surface area contributed by atoms with Gasteiger partial charge in [-0.15, -0.1) is 0 Å². The van der Waals surface area contributed by atoms with Crippen LogP contribution in [0.3, 0.4) is 0 Å². The van der Waals surface area contributed by atoms with Crippen LogP contribution < -0.4 is 0 Å². The first kappa shape index (κ1) is 18.1. The van der Waals surface area contributed by atoms with Crippen molar-refractivity contribution in [2.45, 2.75) is 45.4 Å². The summed E-state index contributed by atoms with van der Waals surface area (Å²) < 4.78 is 0. The third-order valence-electron chi connectivity index (χ3n) is 5.38. The van der Waals surface area contributed by atoms with Crippen molar-refractivity contribution in [3.8, 4) is 0 Å². The highest BCUT2D eigenvalue weighted by atomic mass is 16.4. The van der Waals surface area contributed by atoms with Gasteiger partial charge in [-0.3, -0.25) is 14.4 Å². The molecule has 2 aliphatic rings. The maximum Gasteiger partial charge on any atom is 0.370 e. The van der Waals surface area contributed by atoms with Crippen molar-refractivity contribution < 1.29 is 29.4 Å². The molecule has 0 radical (unpaired) electrons. The summed E-state index contributed by atoms with van der Waals surface area (Å²) in [6.45, 7) is 1.94. The zero-order valence-electron chi connectivity index (χ0n) is 13.7. The van der Waals surface area contributed by atoms with E-state index in [4.69, 9.17) is 10.2 Å². The largest absolute Gasteiger partial charge is 0.502 e. The molecular formula is C18H22O6. The highest BCUT2D eigenvalue weighted by Crippen LogP contribution is 2.52. The Bertz CT molecular complexity index is 629. The number of allylic oxidation sites excluding steroid dienone is 3. The lowest BCUT2D eigenvalue weighted by molar-refractivity contribution is -0.137. The number of carboxylic acids is 1. The third kappa shape index (κ3) is 3.63. The minimum Gasteiger partial charge on any atom is -0.502 e. The fourth-order valence-corrected chi connectivity index (χ4v) is 3.92. The summed E-state index contributed by atoms with van der Waals surface area (Å²) in [5, 5.41) is 17.5. The van der Waals surface area contributed by atoms with Gasteiger partial charge in [0, 0.05) is 30.6 Å². The minimum absolute atomic E-state index is 0.0268. The highest BCUT2D eigenvalue weighted by molar-refractivity contribution is 5.93. The number of ketones is 3. The van der Waals surface area contributed by atoms with E-state index in [0.29, 0.717) is 32.1 Å². The first-order valence-electron chi connectivity index (χ1n) is 8.15. The third-order valence-corrected chi connectivity index (χ3v) is 5.38. The van der Waals surface area contributed by atoms with Gasteiger partial charge in [-0.05, 0) is 37.3 Å². The van der Waals surface area contributed by atoms with Crippen LogP contribution >= 0.6 is 0 Å². The predicted octanol–water partition coefficient (Wildman–Crippen LogP) is 2.38. The van der Waals surface area contributed by atoms with E-state index in [0.717, 1.165) is 6.08 Å².